The van der Waals surface area contributed by atoms with Gasteiger partial charge in [-0.2, -0.15) is 23.7 Å². The van der Waals surface area contributed by atoms with Gasteiger partial charge in [0, 0.05) is 21.5 Å². The summed E-state index contributed by atoms with van der Waals surface area (Å²) < 4.78 is 56.8. The summed E-state index contributed by atoms with van der Waals surface area (Å²) in [6.45, 7) is 25.0. The topological polar surface area (TPSA) is 57.4 Å². The van der Waals surface area contributed by atoms with Crippen LogP contribution < -0.4 is 0 Å². The molecule has 0 spiro atoms. The van der Waals surface area contributed by atoms with Crippen LogP contribution in [0.25, 0.3) is 111 Å². The molecule has 0 radical (unpaired) electrons. The lowest BCUT2D eigenvalue weighted by Gasteiger charge is -2.24. The molecule has 2 aromatic heterocycles. The van der Waals surface area contributed by atoms with Gasteiger partial charge in [-0.1, -0.05) is 119 Å². The molecule has 12 aromatic rings. The van der Waals surface area contributed by atoms with Gasteiger partial charge in [0.2, 0.25) is 0 Å². The lowest BCUT2D eigenvalue weighted by atomic mass is 9.92. The number of aryl methyl sites for hydroxylation is 12. The summed E-state index contributed by atoms with van der Waals surface area (Å²) in [6.07, 6.45) is -4.96. The lowest BCUT2D eigenvalue weighted by molar-refractivity contribution is -0.137. The van der Waals surface area contributed by atoms with Crippen molar-refractivity contribution in [3.8, 4) is 79.1 Å². The number of nitrogens with zero attached hydrogens (tertiary/aromatic N) is 4. The first-order chi connectivity index (χ1) is 39.1. The van der Waals surface area contributed by atoms with Crippen LogP contribution in [0.1, 0.15) is 83.5 Å². The minimum atomic E-state index is -4.96. The lowest BCUT2D eigenvalue weighted by Crippen LogP contribution is -2.16. The van der Waals surface area contributed by atoms with Gasteiger partial charge in [-0.15, -0.1) is 0 Å². The van der Waals surface area contributed by atoms with Crippen LogP contribution in [0, 0.1) is 106 Å². The van der Waals surface area contributed by atoms with Gasteiger partial charge < -0.3 is 9.13 Å². The number of hydrogen-bond acceptors (Lipinski definition) is 2. The van der Waals surface area contributed by atoms with E-state index in [1.54, 1.807) is 24.3 Å². The molecule has 10 aromatic carbocycles. The van der Waals surface area contributed by atoms with E-state index in [-0.39, 0.29) is 22.5 Å². The van der Waals surface area contributed by atoms with E-state index in [1.165, 1.54) is 6.07 Å². The molecule has 0 N–H and O–H groups in total. The Morgan fingerprint density at radius 2 is 0.549 bits per heavy atom. The third-order valence-electron chi connectivity index (χ3n) is 16.8. The Balaban J connectivity index is 1.30. The molecule has 0 unspecified atom stereocenters. The van der Waals surface area contributed by atoms with Crippen LogP contribution in [0.15, 0.2) is 152 Å². The fourth-order valence-corrected chi connectivity index (χ4v) is 14.1. The highest BCUT2D eigenvalue weighted by molar-refractivity contribution is 6.13. The van der Waals surface area contributed by atoms with Crippen molar-refractivity contribution in [2.75, 3.05) is 0 Å². The fraction of sp³-hybridized carbons (Fsp3) is 0.173. The predicted molar refractivity (Wildman–Crippen MR) is 334 cm³/mol. The molecule has 82 heavy (non-hydrogen) atoms. The number of nitriles is 2. The highest BCUT2D eigenvalue weighted by Gasteiger charge is 2.40. The van der Waals surface area contributed by atoms with Crippen LogP contribution in [0.2, 0.25) is 0 Å². The third-order valence-corrected chi connectivity index (χ3v) is 16.8. The highest BCUT2D eigenvalue weighted by Crippen LogP contribution is 2.49. The first kappa shape index (κ1) is 53.2. The molecule has 12 rings (SSSR count). The second-order valence-electron chi connectivity index (χ2n) is 23.1. The molecule has 0 amide bonds. The van der Waals surface area contributed by atoms with E-state index in [1.807, 2.05) is 9.13 Å². The fourth-order valence-electron chi connectivity index (χ4n) is 14.1. The van der Waals surface area contributed by atoms with Crippen molar-refractivity contribution in [2.45, 2.75) is 89.3 Å². The normalized spacial score (nSPS) is 11.8. The molecular formula is C75H61F3N4. The van der Waals surface area contributed by atoms with Crippen molar-refractivity contribution in [1.82, 2.24) is 9.13 Å². The maximum atomic E-state index is 17.7. The van der Waals surface area contributed by atoms with E-state index < -0.39 is 11.7 Å². The molecule has 2 heterocycles. The summed E-state index contributed by atoms with van der Waals surface area (Å²) in [6, 6.07) is 54.5. The van der Waals surface area contributed by atoms with Crippen molar-refractivity contribution in [1.29, 1.82) is 10.5 Å². The van der Waals surface area contributed by atoms with Crippen LogP contribution in [0.3, 0.4) is 0 Å². The van der Waals surface area contributed by atoms with Crippen LogP contribution in [-0.4, -0.2) is 9.13 Å². The number of rotatable bonds is 7. The van der Waals surface area contributed by atoms with Crippen molar-refractivity contribution < 1.29 is 13.2 Å². The molecule has 0 bridgehead atoms. The Morgan fingerprint density at radius 1 is 0.305 bits per heavy atom. The third kappa shape index (κ3) is 8.84. The Kier molecular flexibility index (Phi) is 12.8. The van der Waals surface area contributed by atoms with Crippen LogP contribution >= 0.6 is 0 Å². The maximum absolute atomic E-state index is 17.7. The second kappa shape index (κ2) is 19.7. The minimum Gasteiger partial charge on any atom is -0.308 e. The molecule has 0 aliphatic carbocycles. The van der Waals surface area contributed by atoms with Gasteiger partial charge in [-0.25, -0.2) is 0 Å². The average Bonchev–Trinajstić information content (AvgIpc) is 4.07. The number of hydrogen-bond donors (Lipinski definition) is 0. The summed E-state index contributed by atoms with van der Waals surface area (Å²) in [7, 11) is 0. The highest BCUT2D eigenvalue weighted by atomic mass is 19.4. The first-order valence-electron chi connectivity index (χ1n) is 27.8. The van der Waals surface area contributed by atoms with Gasteiger partial charge in [0.15, 0.2) is 0 Å². The average molecular weight is 1080 g/mol. The molecule has 0 saturated carbocycles. The zero-order valence-electron chi connectivity index (χ0n) is 48.4. The standard InChI is InChI=1S/C75H61F3N4/c1-40-21-44(5)70(45(6)22-40)54-13-17-60-61-18-14-55(71-46(7)23-41(2)24-47(71)8)33-65(61)81(64(60)32-54)68-36-59(58-30-52(38-79)29-53(31-58)39-80)37-69(74(68)75(76,77)78)82-66-34-56(72-48(9)25-42(3)26-49(72)10)15-19-62(66)63-20-16-57(35-67(63)82)73-50(11)27-43(4)28-51(73)12/h13-37H,1-12H3. The van der Waals surface area contributed by atoms with E-state index >= 15 is 13.2 Å². The smallest absolute Gasteiger partial charge is 0.308 e. The monoisotopic (exact) mass is 1070 g/mol. The van der Waals surface area contributed by atoms with Crippen molar-refractivity contribution in [3.05, 3.63) is 235 Å². The summed E-state index contributed by atoms with van der Waals surface area (Å²) in [5.74, 6) is 0. The number of halogens is 3. The molecule has 0 fully saturated rings. The number of aromatic nitrogens is 2. The van der Waals surface area contributed by atoms with Gasteiger partial charge >= 0.3 is 6.18 Å². The zero-order chi connectivity index (χ0) is 58.0. The van der Waals surface area contributed by atoms with E-state index in [0.717, 1.165) is 133 Å². The number of alkyl halides is 3. The van der Waals surface area contributed by atoms with Crippen molar-refractivity contribution >= 4 is 43.6 Å². The van der Waals surface area contributed by atoms with Gasteiger partial charge in [-0.05, 0) is 238 Å². The van der Waals surface area contributed by atoms with Crippen LogP contribution in [0.4, 0.5) is 13.2 Å². The van der Waals surface area contributed by atoms with Gasteiger partial charge in [0.1, 0.15) is 5.56 Å². The Labute approximate surface area is 477 Å². The molecule has 0 saturated heterocycles. The Morgan fingerprint density at radius 3 is 0.780 bits per heavy atom. The van der Waals surface area contributed by atoms with E-state index in [9.17, 15) is 10.5 Å². The summed E-state index contributed by atoms with van der Waals surface area (Å²) in [5, 5.41) is 24.1. The van der Waals surface area contributed by atoms with Crippen molar-refractivity contribution in [3.63, 3.8) is 0 Å². The van der Waals surface area contributed by atoms with Crippen LogP contribution in [-0.2, 0) is 6.18 Å². The van der Waals surface area contributed by atoms with Gasteiger partial charge in [-0.3, -0.25) is 0 Å². The number of fused-ring (bicyclic) bond motifs is 6. The van der Waals surface area contributed by atoms with E-state index in [0.29, 0.717) is 33.2 Å². The molecule has 0 aliphatic rings. The Hall–Kier alpha value is -9.43. The summed E-state index contributed by atoms with van der Waals surface area (Å²) >= 11 is 0. The molecular weight excluding hydrogens is 1010 g/mol. The predicted octanol–water partition coefficient (Wildman–Crippen LogP) is 20.7. The van der Waals surface area contributed by atoms with Crippen molar-refractivity contribution in [2.24, 2.45) is 0 Å². The molecule has 0 atom stereocenters. The molecule has 0 aliphatic heterocycles. The summed E-state index contributed by atoms with van der Waals surface area (Å²) in [5.41, 5.74) is 23.3. The molecule has 7 heteroatoms. The van der Waals surface area contributed by atoms with Crippen LogP contribution in [0.5, 0.6) is 0 Å². The zero-order valence-corrected chi connectivity index (χ0v) is 48.4. The SMILES string of the molecule is Cc1cc(C)c(-c2ccc3c4ccc(-c5c(C)cc(C)cc5C)cc4n(-c4cc(-c5cc(C#N)cc(C#N)c5)cc(-n5c6cc(-c7c(C)cc(C)cc7C)ccc6c6ccc(-c7c(C)cc(C)cc7C)cc65)c4C(F)(F)F)c3c2)c(C)c1. The summed E-state index contributed by atoms with van der Waals surface area (Å²) in [4.78, 5) is 0. The maximum Gasteiger partial charge on any atom is 0.420 e. The van der Waals surface area contributed by atoms with E-state index in [4.69, 9.17) is 0 Å². The number of benzene rings is 10. The quantitative estimate of drug-likeness (QED) is 0.160. The van der Waals surface area contributed by atoms with Gasteiger partial charge in [0.05, 0.1) is 56.7 Å². The largest absolute Gasteiger partial charge is 0.420 e. The minimum absolute atomic E-state index is 0.0948. The van der Waals surface area contributed by atoms with E-state index in [2.05, 4.69) is 217 Å². The first-order valence-corrected chi connectivity index (χ1v) is 27.8. The molecule has 402 valence electrons. The second-order valence-corrected chi connectivity index (χ2v) is 23.1. The van der Waals surface area contributed by atoms with Gasteiger partial charge in [0.25, 0.3) is 0 Å². The Bertz CT molecular complexity index is 4220. The molecule has 4 nitrogen and oxygen atoms in total.